The monoisotopic (exact) mass is 504 g/mol. The molecule has 0 radical (unpaired) electrons. The van der Waals surface area contributed by atoms with Crippen LogP contribution in [0.1, 0.15) is 30.3 Å². The van der Waals surface area contributed by atoms with Gasteiger partial charge in [-0.05, 0) is 22.3 Å². The summed E-state index contributed by atoms with van der Waals surface area (Å²) in [4.78, 5) is 38.7. The maximum atomic E-state index is 13.4. The predicted molar refractivity (Wildman–Crippen MR) is 132 cm³/mol. The van der Waals surface area contributed by atoms with Crippen molar-refractivity contribution >= 4 is 29.0 Å². The lowest BCUT2D eigenvalue weighted by atomic mass is 10.0. The number of amides is 1. The zero-order valence-corrected chi connectivity index (χ0v) is 19.6. The molecule has 0 unspecified atom stereocenters. The summed E-state index contributed by atoms with van der Waals surface area (Å²) in [6.07, 6.45) is -5.39. The molecule has 0 saturated carbocycles. The lowest BCUT2D eigenvalue weighted by Crippen LogP contribution is -2.37. The molecule has 6 N–H and O–H groups in total. The molecule has 0 spiro atoms. The first-order valence-electron chi connectivity index (χ1n) is 11.7. The van der Waals surface area contributed by atoms with E-state index >= 15 is 0 Å². The molecule has 4 aromatic rings. The number of imidazole rings is 1. The van der Waals surface area contributed by atoms with Crippen LogP contribution >= 0.6 is 0 Å². The summed E-state index contributed by atoms with van der Waals surface area (Å²) in [5, 5.41) is 31.0. The van der Waals surface area contributed by atoms with E-state index in [0.717, 1.165) is 22.3 Å². The van der Waals surface area contributed by atoms with E-state index in [-0.39, 0.29) is 23.1 Å². The highest BCUT2D eigenvalue weighted by molar-refractivity contribution is 5.96. The molecule has 3 heterocycles. The van der Waals surface area contributed by atoms with E-state index in [1.165, 1.54) is 16.4 Å². The minimum Gasteiger partial charge on any atom is -0.394 e. The van der Waals surface area contributed by atoms with E-state index in [0.29, 0.717) is 0 Å². The van der Waals surface area contributed by atoms with Crippen molar-refractivity contribution in [2.75, 3.05) is 17.2 Å². The van der Waals surface area contributed by atoms with Crippen molar-refractivity contribution in [1.82, 2.24) is 19.5 Å². The summed E-state index contributed by atoms with van der Waals surface area (Å²) in [5.74, 6) is -0.635. The first kappa shape index (κ1) is 23.3. The van der Waals surface area contributed by atoms with Gasteiger partial charge in [-0.1, -0.05) is 48.5 Å². The number of benzene rings is 2. The fraction of sp³-hybridized carbons (Fsp3) is 0.280. The second-order valence-electron chi connectivity index (χ2n) is 9.10. The standard InChI is InChI=1S/C25H24N6O6/c1-11(33)30(18-14-8-4-2-6-12(14)13-7-3-5-9-15(13)18)25-27-17-21(28-24(26)29-22(17)36)31(25)23-20(35)19(34)16(10-32)37-23/h2-9,16,18-20,23,32,34-35H,10H2,1H3,(H3,26,28,29,36)/t16-,19-,20-,23-/m1/s1. The Morgan fingerprint density at radius 3 is 2.27 bits per heavy atom. The van der Waals surface area contributed by atoms with Gasteiger partial charge in [0.05, 0.1) is 12.6 Å². The maximum Gasteiger partial charge on any atom is 0.280 e. The summed E-state index contributed by atoms with van der Waals surface area (Å²) in [6.45, 7) is 0.809. The molecule has 37 heavy (non-hydrogen) atoms. The number of rotatable bonds is 4. The number of aliphatic hydroxyl groups excluding tert-OH is 3. The van der Waals surface area contributed by atoms with Gasteiger partial charge in [-0.2, -0.15) is 4.98 Å². The van der Waals surface area contributed by atoms with Gasteiger partial charge in [0.1, 0.15) is 18.3 Å². The molecule has 0 bridgehead atoms. The van der Waals surface area contributed by atoms with Crippen molar-refractivity contribution < 1.29 is 24.9 Å². The second kappa shape index (κ2) is 8.49. The quantitative estimate of drug-likeness (QED) is 0.263. The van der Waals surface area contributed by atoms with E-state index in [2.05, 4.69) is 15.0 Å². The van der Waals surface area contributed by atoms with Crippen LogP contribution in [0.2, 0.25) is 0 Å². The van der Waals surface area contributed by atoms with Crippen LogP contribution in [0.15, 0.2) is 53.3 Å². The molecular weight excluding hydrogens is 480 g/mol. The molecule has 1 amide bonds. The Morgan fingerprint density at radius 1 is 1.08 bits per heavy atom. The van der Waals surface area contributed by atoms with E-state index in [4.69, 9.17) is 10.5 Å². The highest BCUT2D eigenvalue weighted by Gasteiger charge is 2.47. The second-order valence-corrected chi connectivity index (χ2v) is 9.10. The minimum atomic E-state index is -1.52. The van der Waals surface area contributed by atoms with Gasteiger partial charge in [-0.15, -0.1) is 0 Å². The number of fused-ring (bicyclic) bond motifs is 4. The Kier molecular flexibility index (Phi) is 5.35. The number of aromatic amines is 1. The molecule has 2 aromatic carbocycles. The number of H-pyrrole nitrogens is 1. The SMILES string of the molecule is CC(=O)N(c1nc2c(=O)[nH]c(N)nc2n1[C@@H]1O[C@H](CO)[C@@H](O)[C@H]1O)C1c2ccccc2-c2ccccc21. The van der Waals surface area contributed by atoms with Gasteiger partial charge in [-0.3, -0.25) is 24.0 Å². The van der Waals surface area contributed by atoms with Crippen LogP contribution in [0, 0.1) is 0 Å². The Labute approximate surface area is 209 Å². The summed E-state index contributed by atoms with van der Waals surface area (Å²) in [6, 6.07) is 14.7. The van der Waals surface area contributed by atoms with Crippen LogP contribution in [0.5, 0.6) is 0 Å². The number of nitrogen functional groups attached to an aromatic ring is 1. The first-order valence-corrected chi connectivity index (χ1v) is 11.7. The smallest absolute Gasteiger partial charge is 0.280 e. The maximum absolute atomic E-state index is 13.4. The Balaban J connectivity index is 1.63. The molecule has 2 aromatic heterocycles. The summed E-state index contributed by atoms with van der Waals surface area (Å²) >= 11 is 0. The number of aliphatic hydroxyl groups is 3. The van der Waals surface area contributed by atoms with Crippen LogP contribution in [-0.2, 0) is 9.53 Å². The third-order valence-corrected chi connectivity index (χ3v) is 6.94. The predicted octanol–water partition coefficient (Wildman–Crippen LogP) is 0.436. The van der Waals surface area contributed by atoms with Crippen LogP contribution in [-0.4, -0.2) is 65.7 Å². The van der Waals surface area contributed by atoms with Gasteiger partial charge >= 0.3 is 0 Å². The third-order valence-electron chi connectivity index (χ3n) is 6.94. The number of ether oxygens (including phenoxy) is 1. The largest absolute Gasteiger partial charge is 0.394 e. The molecule has 1 saturated heterocycles. The fourth-order valence-corrected chi connectivity index (χ4v) is 5.33. The molecule has 4 atom stereocenters. The van der Waals surface area contributed by atoms with E-state index in [1.807, 2.05) is 48.5 Å². The number of aromatic nitrogens is 4. The number of nitrogens with zero attached hydrogens (tertiary/aromatic N) is 4. The molecule has 1 fully saturated rings. The van der Waals surface area contributed by atoms with E-state index in [9.17, 15) is 24.9 Å². The van der Waals surface area contributed by atoms with E-state index in [1.54, 1.807) is 0 Å². The Morgan fingerprint density at radius 2 is 1.70 bits per heavy atom. The Hall–Kier alpha value is -4.10. The summed E-state index contributed by atoms with van der Waals surface area (Å²) in [5.41, 5.74) is 8.59. The molecule has 12 heteroatoms. The molecule has 6 rings (SSSR count). The normalized spacial score (nSPS) is 22.8. The lowest BCUT2D eigenvalue weighted by Gasteiger charge is -2.31. The Bertz CT molecular complexity index is 1550. The average Bonchev–Trinajstić information content (AvgIpc) is 3.50. The molecule has 12 nitrogen and oxygen atoms in total. The van der Waals surface area contributed by atoms with Gasteiger partial charge in [0.15, 0.2) is 17.4 Å². The van der Waals surface area contributed by atoms with Crippen molar-refractivity contribution in [3.63, 3.8) is 0 Å². The number of nitrogens with two attached hydrogens (primary N) is 1. The van der Waals surface area contributed by atoms with Crippen molar-refractivity contribution in [1.29, 1.82) is 0 Å². The van der Waals surface area contributed by atoms with Crippen LogP contribution in [0.4, 0.5) is 11.9 Å². The van der Waals surface area contributed by atoms with E-state index < -0.39 is 48.7 Å². The summed E-state index contributed by atoms with van der Waals surface area (Å²) < 4.78 is 7.07. The first-order chi connectivity index (χ1) is 17.8. The third kappa shape index (κ3) is 3.38. The zero-order valence-electron chi connectivity index (χ0n) is 19.6. The zero-order chi connectivity index (χ0) is 26.0. The number of nitrogens with one attached hydrogen (secondary N) is 1. The number of carbonyl (C=O) groups is 1. The van der Waals surface area contributed by atoms with Gasteiger partial charge in [-0.25, -0.2) is 4.98 Å². The molecule has 190 valence electrons. The highest BCUT2D eigenvalue weighted by atomic mass is 16.6. The topological polar surface area (TPSA) is 180 Å². The van der Waals surface area contributed by atoms with Gasteiger partial charge in [0, 0.05) is 6.92 Å². The van der Waals surface area contributed by atoms with Crippen LogP contribution in [0.3, 0.4) is 0 Å². The van der Waals surface area contributed by atoms with Crippen molar-refractivity contribution in [3.05, 3.63) is 70.0 Å². The molecule has 2 aliphatic rings. The number of anilines is 2. The molecule has 1 aliphatic carbocycles. The van der Waals surface area contributed by atoms with Crippen molar-refractivity contribution in [2.24, 2.45) is 0 Å². The van der Waals surface area contributed by atoms with Crippen LogP contribution in [0.25, 0.3) is 22.3 Å². The highest BCUT2D eigenvalue weighted by Crippen LogP contribution is 2.48. The van der Waals surface area contributed by atoms with Crippen molar-refractivity contribution in [2.45, 2.75) is 37.5 Å². The fourth-order valence-electron chi connectivity index (χ4n) is 5.33. The molecule has 1 aliphatic heterocycles. The van der Waals surface area contributed by atoms with Gasteiger partial charge in [0.2, 0.25) is 17.8 Å². The molecular formula is C25H24N6O6. The minimum absolute atomic E-state index is 0.0301. The van der Waals surface area contributed by atoms with Gasteiger partial charge < -0.3 is 25.8 Å². The number of hydrogen-bond acceptors (Lipinski definition) is 9. The van der Waals surface area contributed by atoms with Crippen LogP contribution < -0.4 is 16.2 Å². The number of carbonyl (C=O) groups excluding carboxylic acids is 1. The number of hydrogen-bond donors (Lipinski definition) is 5. The van der Waals surface area contributed by atoms with Gasteiger partial charge in [0.25, 0.3) is 5.56 Å². The summed E-state index contributed by atoms with van der Waals surface area (Å²) in [7, 11) is 0. The lowest BCUT2D eigenvalue weighted by molar-refractivity contribution is -0.117. The van der Waals surface area contributed by atoms with Crippen molar-refractivity contribution in [3.8, 4) is 11.1 Å². The average molecular weight is 505 g/mol.